The minimum Gasteiger partial charge on any atom is -0.394 e. The van der Waals surface area contributed by atoms with E-state index in [9.17, 15) is 5.11 Å². The van der Waals surface area contributed by atoms with Crippen molar-refractivity contribution in [3.05, 3.63) is 28.8 Å². The van der Waals surface area contributed by atoms with Crippen LogP contribution in [0.3, 0.4) is 0 Å². The molecular weight excluding hydrogens is 224 g/mol. The highest BCUT2D eigenvalue weighted by atomic mass is 35.5. The average molecular weight is 239 g/mol. The number of nitrogens with zero attached hydrogens (tertiary/aromatic N) is 2. The smallest absolute Gasteiger partial charge is 0.0992 e. The Bertz CT molecular complexity index is 424. The van der Waals surface area contributed by atoms with E-state index >= 15 is 0 Å². The van der Waals surface area contributed by atoms with Crippen molar-refractivity contribution >= 4 is 17.3 Å². The molecule has 0 saturated carbocycles. The molecule has 3 nitrogen and oxygen atoms in total. The molecule has 4 heteroatoms. The van der Waals surface area contributed by atoms with E-state index in [4.69, 9.17) is 16.9 Å². The van der Waals surface area contributed by atoms with Gasteiger partial charge in [0.1, 0.15) is 0 Å². The molecule has 0 amide bonds. The lowest BCUT2D eigenvalue weighted by Gasteiger charge is -2.36. The van der Waals surface area contributed by atoms with Crippen LogP contribution in [0.2, 0.25) is 5.02 Å². The Morgan fingerprint density at radius 2 is 2.12 bits per heavy atom. The lowest BCUT2D eigenvalue weighted by atomic mass is 10.0. The molecule has 0 aliphatic carbocycles. The molecule has 0 bridgehead atoms. The van der Waals surface area contributed by atoms with E-state index in [-0.39, 0.29) is 6.61 Å². The van der Waals surface area contributed by atoms with E-state index < -0.39 is 5.54 Å². The van der Waals surface area contributed by atoms with Crippen LogP contribution >= 0.6 is 11.6 Å². The van der Waals surface area contributed by atoms with Crippen molar-refractivity contribution in [3.63, 3.8) is 0 Å². The first-order chi connectivity index (χ1) is 7.42. The van der Waals surface area contributed by atoms with Gasteiger partial charge in [-0.25, -0.2) is 0 Å². The second-order valence-electron chi connectivity index (χ2n) is 4.31. The third-order valence-corrected chi connectivity index (χ3v) is 3.04. The van der Waals surface area contributed by atoms with Gasteiger partial charge in [-0.3, -0.25) is 0 Å². The van der Waals surface area contributed by atoms with Gasteiger partial charge in [0.25, 0.3) is 0 Å². The molecule has 0 aliphatic heterocycles. The molecule has 0 aromatic heterocycles. The molecule has 16 heavy (non-hydrogen) atoms. The summed E-state index contributed by atoms with van der Waals surface area (Å²) in [5.41, 5.74) is 0.946. The molecule has 86 valence electrons. The van der Waals surface area contributed by atoms with Gasteiger partial charge >= 0.3 is 0 Å². The molecule has 0 radical (unpaired) electrons. The van der Waals surface area contributed by atoms with Crippen LogP contribution in [-0.4, -0.2) is 24.3 Å². The quantitative estimate of drug-likeness (QED) is 0.880. The molecular formula is C12H15ClN2O. The number of anilines is 1. The van der Waals surface area contributed by atoms with Crippen LogP contribution in [0.15, 0.2) is 18.2 Å². The number of benzene rings is 1. The average Bonchev–Trinajstić information content (AvgIpc) is 2.28. The zero-order chi connectivity index (χ0) is 12.3. The third kappa shape index (κ3) is 2.46. The van der Waals surface area contributed by atoms with Gasteiger partial charge in [0.05, 0.1) is 34.5 Å². The lowest BCUT2D eigenvalue weighted by Crippen LogP contribution is -2.44. The predicted molar refractivity (Wildman–Crippen MR) is 65.7 cm³/mol. The van der Waals surface area contributed by atoms with Crippen LogP contribution in [-0.2, 0) is 0 Å². The van der Waals surface area contributed by atoms with Crippen molar-refractivity contribution in [3.8, 4) is 6.07 Å². The summed E-state index contributed by atoms with van der Waals surface area (Å²) in [6, 6.07) is 7.16. The molecule has 0 heterocycles. The van der Waals surface area contributed by atoms with Crippen molar-refractivity contribution in [2.45, 2.75) is 19.4 Å². The van der Waals surface area contributed by atoms with Crippen LogP contribution < -0.4 is 4.90 Å². The van der Waals surface area contributed by atoms with Gasteiger partial charge in [-0.05, 0) is 32.0 Å². The maximum absolute atomic E-state index is 9.28. The van der Waals surface area contributed by atoms with Crippen molar-refractivity contribution in [1.29, 1.82) is 5.26 Å². The van der Waals surface area contributed by atoms with Gasteiger partial charge in [-0.2, -0.15) is 5.26 Å². The van der Waals surface area contributed by atoms with Gasteiger partial charge in [0.2, 0.25) is 0 Å². The number of rotatable bonds is 3. The first-order valence-corrected chi connectivity index (χ1v) is 5.34. The van der Waals surface area contributed by atoms with Crippen LogP contribution in [0.5, 0.6) is 0 Å². The Labute approximate surface area is 101 Å². The van der Waals surface area contributed by atoms with Crippen molar-refractivity contribution in [2.75, 3.05) is 18.6 Å². The molecule has 0 aliphatic rings. The molecule has 0 unspecified atom stereocenters. The molecule has 0 saturated heterocycles. The van der Waals surface area contributed by atoms with Gasteiger partial charge in [-0.1, -0.05) is 11.6 Å². The van der Waals surface area contributed by atoms with Crippen LogP contribution in [0, 0.1) is 11.3 Å². The summed E-state index contributed by atoms with van der Waals surface area (Å²) in [6.07, 6.45) is 0. The fourth-order valence-electron chi connectivity index (χ4n) is 1.28. The number of hydrogen-bond donors (Lipinski definition) is 1. The second-order valence-corrected chi connectivity index (χ2v) is 4.71. The minimum atomic E-state index is -0.391. The largest absolute Gasteiger partial charge is 0.394 e. The second kappa shape index (κ2) is 4.73. The van der Waals surface area contributed by atoms with Crippen LogP contribution in [0.4, 0.5) is 5.69 Å². The third-order valence-electron chi connectivity index (χ3n) is 2.73. The Morgan fingerprint density at radius 3 is 2.56 bits per heavy atom. The molecule has 0 spiro atoms. The molecule has 1 N–H and O–H groups in total. The number of hydrogen-bond acceptors (Lipinski definition) is 3. The highest BCUT2D eigenvalue weighted by Gasteiger charge is 2.24. The summed E-state index contributed by atoms with van der Waals surface area (Å²) in [6.45, 7) is 3.86. The van der Waals surface area contributed by atoms with Gasteiger partial charge < -0.3 is 10.0 Å². The fraction of sp³-hybridized carbons (Fsp3) is 0.417. The number of likely N-dealkylation sites (N-methyl/N-ethyl adjacent to an activating group) is 1. The summed E-state index contributed by atoms with van der Waals surface area (Å²) in [5.74, 6) is 0. The van der Waals surface area contributed by atoms with Gasteiger partial charge in [-0.15, -0.1) is 0 Å². The van der Waals surface area contributed by atoms with Crippen LogP contribution in [0.25, 0.3) is 0 Å². The van der Waals surface area contributed by atoms with Gasteiger partial charge in [0, 0.05) is 7.05 Å². The fourth-order valence-corrected chi connectivity index (χ4v) is 1.59. The summed E-state index contributed by atoms with van der Waals surface area (Å²) in [4.78, 5) is 1.90. The Morgan fingerprint density at radius 1 is 1.50 bits per heavy atom. The maximum atomic E-state index is 9.28. The van der Waals surface area contributed by atoms with Gasteiger partial charge in [0.15, 0.2) is 0 Å². The summed E-state index contributed by atoms with van der Waals surface area (Å²) < 4.78 is 0. The number of nitriles is 1. The molecule has 0 fully saturated rings. The Hall–Kier alpha value is -1.24. The maximum Gasteiger partial charge on any atom is 0.0992 e. The summed E-state index contributed by atoms with van der Waals surface area (Å²) in [5, 5.41) is 18.5. The van der Waals surface area contributed by atoms with E-state index in [1.807, 2.05) is 31.9 Å². The molecule has 0 atom stereocenters. The lowest BCUT2D eigenvalue weighted by molar-refractivity contribution is 0.216. The first-order valence-electron chi connectivity index (χ1n) is 4.96. The molecule has 1 aromatic carbocycles. The minimum absolute atomic E-state index is 0.0276. The van der Waals surface area contributed by atoms with Crippen molar-refractivity contribution in [1.82, 2.24) is 0 Å². The topological polar surface area (TPSA) is 47.3 Å². The highest BCUT2D eigenvalue weighted by molar-refractivity contribution is 6.33. The Kier molecular flexibility index (Phi) is 3.79. The SMILES string of the molecule is CN(c1ccc(C#N)cc1Cl)C(C)(C)CO. The van der Waals surface area contributed by atoms with Crippen molar-refractivity contribution in [2.24, 2.45) is 0 Å². The normalized spacial score (nSPS) is 11.0. The number of aliphatic hydroxyl groups is 1. The standard InChI is InChI=1S/C12H15ClN2O/c1-12(2,8-16)15(3)11-5-4-9(7-14)6-10(11)13/h4-6,16H,8H2,1-3H3. The zero-order valence-corrected chi connectivity index (χ0v) is 10.4. The van der Waals surface area contributed by atoms with E-state index in [1.165, 1.54) is 0 Å². The Balaban J connectivity index is 3.11. The summed E-state index contributed by atoms with van der Waals surface area (Å²) >= 11 is 6.09. The number of aliphatic hydroxyl groups excluding tert-OH is 1. The van der Waals surface area contributed by atoms with Crippen LogP contribution in [0.1, 0.15) is 19.4 Å². The van der Waals surface area contributed by atoms with E-state index in [0.717, 1.165) is 5.69 Å². The zero-order valence-electron chi connectivity index (χ0n) is 9.66. The van der Waals surface area contributed by atoms with E-state index in [1.54, 1.807) is 18.2 Å². The predicted octanol–water partition coefficient (Wildman–Crippen LogP) is 2.42. The van der Waals surface area contributed by atoms with E-state index in [2.05, 4.69) is 0 Å². The van der Waals surface area contributed by atoms with E-state index in [0.29, 0.717) is 10.6 Å². The van der Waals surface area contributed by atoms with Crippen molar-refractivity contribution < 1.29 is 5.11 Å². The number of halogens is 1. The first kappa shape index (κ1) is 12.8. The molecule has 1 aromatic rings. The highest BCUT2D eigenvalue weighted by Crippen LogP contribution is 2.30. The molecule has 1 rings (SSSR count). The monoisotopic (exact) mass is 238 g/mol. The summed E-state index contributed by atoms with van der Waals surface area (Å²) in [7, 11) is 1.86.